The molecular formula is C15H13FN2O. The third-order valence-electron chi connectivity index (χ3n) is 3.03. The Morgan fingerprint density at radius 1 is 1.26 bits per heavy atom. The van der Waals surface area contributed by atoms with Crippen LogP contribution in [-0.4, -0.2) is 12.0 Å². The van der Waals surface area contributed by atoms with Crippen molar-refractivity contribution in [2.45, 2.75) is 6.54 Å². The van der Waals surface area contributed by atoms with Gasteiger partial charge in [0.2, 0.25) is 0 Å². The highest BCUT2D eigenvalue weighted by molar-refractivity contribution is 5.88. The number of hydrogen-bond donors (Lipinski definition) is 0. The van der Waals surface area contributed by atoms with Gasteiger partial charge in [0, 0.05) is 19.8 Å². The molecule has 19 heavy (non-hydrogen) atoms. The maximum atomic E-state index is 13.2. The summed E-state index contributed by atoms with van der Waals surface area (Å²) in [6.07, 6.45) is 3.36. The fraction of sp³-hybridized carbons (Fsp3) is 0.133. The van der Waals surface area contributed by atoms with Gasteiger partial charge in [-0.3, -0.25) is 0 Å². The predicted octanol–water partition coefficient (Wildman–Crippen LogP) is 3.60. The maximum Gasteiger partial charge on any atom is 0.139 e. The summed E-state index contributed by atoms with van der Waals surface area (Å²) in [7, 11) is 1.93. The van der Waals surface area contributed by atoms with E-state index in [4.69, 9.17) is 4.42 Å². The topological polar surface area (TPSA) is 29.3 Å². The highest BCUT2D eigenvalue weighted by atomic mass is 19.1. The highest BCUT2D eigenvalue weighted by Crippen LogP contribution is 2.25. The molecule has 0 spiro atoms. The number of nitrogens with zero attached hydrogens (tertiary/aromatic N) is 2. The third-order valence-corrected chi connectivity index (χ3v) is 3.03. The Morgan fingerprint density at radius 2 is 2.16 bits per heavy atom. The SMILES string of the molecule is CN(Cc1cccc(F)c1)c1nccc2occc12. The molecular weight excluding hydrogens is 243 g/mol. The van der Waals surface area contributed by atoms with Crippen molar-refractivity contribution in [2.24, 2.45) is 0 Å². The van der Waals surface area contributed by atoms with Crippen molar-refractivity contribution in [3.63, 3.8) is 0 Å². The van der Waals surface area contributed by atoms with Gasteiger partial charge in [-0.1, -0.05) is 12.1 Å². The molecule has 0 atom stereocenters. The first kappa shape index (κ1) is 11.7. The zero-order valence-electron chi connectivity index (χ0n) is 10.5. The third kappa shape index (κ3) is 2.29. The Morgan fingerprint density at radius 3 is 3.00 bits per heavy atom. The van der Waals surface area contributed by atoms with Crippen LogP contribution in [0.15, 0.2) is 53.3 Å². The van der Waals surface area contributed by atoms with Gasteiger partial charge in [0.1, 0.15) is 17.2 Å². The first-order chi connectivity index (χ1) is 9.24. The van der Waals surface area contributed by atoms with Crippen LogP contribution in [0.4, 0.5) is 10.2 Å². The van der Waals surface area contributed by atoms with Crippen LogP contribution in [0.3, 0.4) is 0 Å². The van der Waals surface area contributed by atoms with Crippen LogP contribution in [0.1, 0.15) is 5.56 Å². The summed E-state index contributed by atoms with van der Waals surface area (Å²) in [5.74, 6) is 0.607. The van der Waals surface area contributed by atoms with Gasteiger partial charge < -0.3 is 9.32 Å². The number of aromatic nitrogens is 1. The van der Waals surface area contributed by atoms with Gasteiger partial charge in [-0.2, -0.15) is 0 Å². The molecule has 0 saturated carbocycles. The first-order valence-electron chi connectivity index (χ1n) is 6.02. The lowest BCUT2D eigenvalue weighted by atomic mass is 10.2. The normalized spacial score (nSPS) is 10.8. The fourth-order valence-corrected chi connectivity index (χ4v) is 2.17. The van der Waals surface area contributed by atoms with E-state index >= 15 is 0 Å². The van der Waals surface area contributed by atoms with Crippen molar-refractivity contribution >= 4 is 16.8 Å². The number of benzene rings is 1. The van der Waals surface area contributed by atoms with E-state index in [1.165, 1.54) is 12.1 Å². The summed E-state index contributed by atoms with van der Waals surface area (Å²) in [4.78, 5) is 6.35. The summed E-state index contributed by atoms with van der Waals surface area (Å²) in [5.41, 5.74) is 1.71. The molecule has 96 valence electrons. The predicted molar refractivity (Wildman–Crippen MR) is 72.5 cm³/mol. The average Bonchev–Trinajstić information content (AvgIpc) is 2.86. The molecule has 3 rings (SSSR count). The van der Waals surface area contributed by atoms with Crippen molar-refractivity contribution < 1.29 is 8.81 Å². The van der Waals surface area contributed by atoms with Crippen molar-refractivity contribution in [1.82, 2.24) is 4.98 Å². The molecule has 1 aromatic carbocycles. The van der Waals surface area contributed by atoms with E-state index in [1.54, 1.807) is 18.5 Å². The van der Waals surface area contributed by atoms with E-state index in [2.05, 4.69) is 4.98 Å². The molecule has 0 bridgehead atoms. The standard InChI is InChI=1S/C15H13FN2O/c1-18(10-11-3-2-4-12(16)9-11)15-13-6-8-19-14(13)5-7-17-15/h2-9H,10H2,1H3. The lowest BCUT2D eigenvalue weighted by molar-refractivity contribution is 0.615. The van der Waals surface area contributed by atoms with E-state index in [1.807, 2.05) is 30.1 Å². The summed E-state index contributed by atoms with van der Waals surface area (Å²) in [6.45, 7) is 0.592. The molecule has 4 heteroatoms. The molecule has 0 radical (unpaired) electrons. The van der Waals surface area contributed by atoms with Crippen LogP contribution in [-0.2, 0) is 6.54 Å². The van der Waals surface area contributed by atoms with Crippen LogP contribution in [0.25, 0.3) is 11.0 Å². The van der Waals surface area contributed by atoms with E-state index in [-0.39, 0.29) is 5.82 Å². The second-order valence-electron chi connectivity index (χ2n) is 4.45. The average molecular weight is 256 g/mol. The molecule has 2 heterocycles. The molecule has 2 aromatic heterocycles. The van der Waals surface area contributed by atoms with E-state index in [0.29, 0.717) is 6.54 Å². The molecule has 0 amide bonds. The molecule has 3 aromatic rings. The molecule has 0 N–H and O–H groups in total. The molecule has 0 aliphatic heterocycles. The zero-order chi connectivity index (χ0) is 13.2. The number of rotatable bonds is 3. The fourth-order valence-electron chi connectivity index (χ4n) is 2.17. The summed E-state index contributed by atoms with van der Waals surface area (Å²) in [5, 5.41) is 0.960. The minimum absolute atomic E-state index is 0.222. The molecule has 3 nitrogen and oxygen atoms in total. The second kappa shape index (κ2) is 4.72. The van der Waals surface area contributed by atoms with Crippen LogP contribution < -0.4 is 4.90 Å². The minimum atomic E-state index is -0.222. The van der Waals surface area contributed by atoms with Gasteiger partial charge in [-0.05, 0) is 29.8 Å². The van der Waals surface area contributed by atoms with Gasteiger partial charge >= 0.3 is 0 Å². The number of fused-ring (bicyclic) bond motifs is 1. The van der Waals surface area contributed by atoms with Gasteiger partial charge in [0.25, 0.3) is 0 Å². The second-order valence-corrected chi connectivity index (χ2v) is 4.45. The summed E-state index contributed by atoms with van der Waals surface area (Å²) in [6, 6.07) is 10.3. The van der Waals surface area contributed by atoms with Gasteiger partial charge in [0.15, 0.2) is 0 Å². The summed E-state index contributed by atoms with van der Waals surface area (Å²) < 4.78 is 18.5. The molecule has 0 unspecified atom stereocenters. The molecule has 0 aliphatic rings. The number of furan rings is 1. The monoisotopic (exact) mass is 256 g/mol. The van der Waals surface area contributed by atoms with Crippen molar-refractivity contribution in [2.75, 3.05) is 11.9 Å². The highest BCUT2D eigenvalue weighted by Gasteiger charge is 2.10. The van der Waals surface area contributed by atoms with Crippen LogP contribution in [0.2, 0.25) is 0 Å². The lowest BCUT2D eigenvalue weighted by Crippen LogP contribution is -2.17. The Bertz CT molecular complexity index is 708. The number of halogens is 1. The van der Waals surface area contributed by atoms with E-state index in [0.717, 1.165) is 22.4 Å². The van der Waals surface area contributed by atoms with E-state index in [9.17, 15) is 4.39 Å². The Labute approximate surface area is 110 Å². The van der Waals surface area contributed by atoms with E-state index < -0.39 is 0 Å². The first-order valence-corrected chi connectivity index (χ1v) is 6.02. The van der Waals surface area contributed by atoms with Crippen molar-refractivity contribution in [1.29, 1.82) is 0 Å². The van der Waals surface area contributed by atoms with Crippen LogP contribution in [0.5, 0.6) is 0 Å². The van der Waals surface area contributed by atoms with Crippen molar-refractivity contribution in [3.8, 4) is 0 Å². The molecule has 0 saturated heterocycles. The quantitative estimate of drug-likeness (QED) is 0.717. The molecule has 0 aliphatic carbocycles. The van der Waals surface area contributed by atoms with Gasteiger partial charge in [-0.25, -0.2) is 9.37 Å². The zero-order valence-corrected chi connectivity index (χ0v) is 10.5. The van der Waals surface area contributed by atoms with Gasteiger partial charge in [0.05, 0.1) is 11.6 Å². The Kier molecular flexibility index (Phi) is 2.91. The van der Waals surface area contributed by atoms with Gasteiger partial charge in [-0.15, -0.1) is 0 Å². The smallest absolute Gasteiger partial charge is 0.139 e. The van der Waals surface area contributed by atoms with Crippen LogP contribution in [0, 0.1) is 5.82 Å². The Hall–Kier alpha value is -2.36. The maximum absolute atomic E-state index is 13.2. The number of pyridine rings is 1. The number of hydrogen-bond acceptors (Lipinski definition) is 3. The van der Waals surface area contributed by atoms with Crippen LogP contribution >= 0.6 is 0 Å². The van der Waals surface area contributed by atoms with Crippen molar-refractivity contribution in [3.05, 3.63) is 60.2 Å². The minimum Gasteiger partial charge on any atom is -0.464 e. The summed E-state index contributed by atoms with van der Waals surface area (Å²) >= 11 is 0. The Balaban J connectivity index is 1.91. The molecule has 0 fully saturated rings. The lowest BCUT2D eigenvalue weighted by Gasteiger charge is -2.18. The number of anilines is 1. The largest absolute Gasteiger partial charge is 0.464 e.